The molecule has 0 aromatic carbocycles. The third kappa shape index (κ3) is 10.7. The van der Waals surface area contributed by atoms with Gasteiger partial charge in [-0.1, -0.05) is 6.92 Å². The molecule has 0 aromatic rings. The first kappa shape index (κ1) is 23.3. The van der Waals surface area contributed by atoms with E-state index in [0.717, 1.165) is 44.4 Å². The van der Waals surface area contributed by atoms with Crippen molar-refractivity contribution in [2.75, 3.05) is 26.2 Å². The summed E-state index contributed by atoms with van der Waals surface area (Å²) in [6, 6.07) is 0. The first-order valence-corrected chi connectivity index (χ1v) is 8.56. The lowest BCUT2D eigenvalue weighted by Crippen LogP contribution is -2.38. The van der Waals surface area contributed by atoms with Crippen LogP contribution < -0.4 is 11.2 Å². The molecule has 8 heteroatoms. The van der Waals surface area contributed by atoms with E-state index in [2.05, 4.69) is 15.1 Å². The highest BCUT2D eigenvalue weighted by Crippen LogP contribution is 2.03. The number of nitrogens with two attached hydrogens (primary N) is 1. The molecule has 0 saturated heterocycles. The Hall–Kier alpha value is -1.74. The highest BCUT2D eigenvalue weighted by Gasteiger charge is 2.12. The average Bonchev–Trinajstić information content (AvgIpc) is 2.60. The van der Waals surface area contributed by atoms with E-state index >= 15 is 0 Å². The van der Waals surface area contributed by atoms with E-state index in [1.165, 1.54) is 0 Å². The van der Waals surface area contributed by atoms with E-state index in [0.29, 0.717) is 18.1 Å². The van der Waals surface area contributed by atoms with E-state index in [1.54, 1.807) is 13.0 Å². The number of aliphatic hydroxyl groups excluding tert-OH is 1. The van der Waals surface area contributed by atoms with E-state index in [9.17, 15) is 5.11 Å². The Bertz CT molecular complexity index is 463. The number of rotatable bonds is 14. The molecule has 0 rings (SSSR count). The van der Waals surface area contributed by atoms with Crippen LogP contribution in [0.25, 0.3) is 0 Å². The largest absolute Gasteiger partial charge is 0.416 e. The minimum atomic E-state index is -0.829. The number of aliphatic imine (C=N–C) groups is 1. The molecule has 0 spiro atoms. The number of hydrogen-bond donors (Lipinski definition) is 4. The quantitative estimate of drug-likeness (QED) is 0.0942. The number of ether oxygens (including phenoxy) is 1. The average molecular weight is 355 g/mol. The van der Waals surface area contributed by atoms with E-state index < -0.39 is 6.41 Å². The van der Waals surface area contributed by atoms with Gasteiger partial charge in [-0.15, -0.1) is 0 Å². The lowest BCUT2D eigenvalue weighted by molar-refractivity contribution is -0.189. The van der Waals surface area contributed by atoms with E-state index in [4.69, 9.17) is 16.0 Å². The fraction of sp³-hybridized carbons (Fsp3) is 0.647. The Kier molecular flexibility index (Phi) is 13.6. The lowest BCUT2D eigenvalue weighted by Gasteiger charge is -2.25. The monoisotopic (exact) mass is 355 g/mol. The standard InChI is InChI=1S/C17H33N5O3/c1-5-22(17(23)24-6-2)10-8-7-9-20-12-14(3)16(21-13-18)11-15(4)25-19/h11-13,17-18,20,23H,5-10,19H2,1-4H3/b14-12+,15-11+,18-13?,21-16-. The molecule has 144 valence electrons. The molecule has 0 fully saturated rings. The Morgan fingerprint density at radius 3 is 2.64 bits per heavy atom. The van der Waals surface area contributed by atoms with Crippen LogP contribution in [0.5, 0.6) is 0 Å². The highest BCUT2D eigenvalue weighted by molar-refractivity contribution is 6.10. The molecule has 0 heterocycles. The topological polar surface area (TPSA) is 116 Å². The van der Waals surface area contributed by atoms with Gasteiger partial charge in [-0.2, -0.15) is 5.90 Å². The number of nitrogens with zero attached hydrogens (tertiary/aromatic N) is 2. The van der Waals surface area contributed by atoms with Gasteiger partial charge in [0.25, 0.3) is 0 Å². The fourth-order valence-corrected chi connectivity index (χ4v) is 2.07. The molecule has 0 aliphatic rings. The first-order valence-electron chi connectivity index (χ1n) is 8.56. The molecule has 0 saturated carbocycles. The molecule has 1 unspecified atom stereocenters. The smallest absolute Gasteiger partial charge is 0.216 e. The van der Waals surface area contributed by atoms with E-state index in [1.807, 2.05) is 31.9 Å². The molecule has 0 aliphatic heterocycles. The second-order valence-corrected chi connectivity index (χ2v) is 5.42. The van der Waals surface area contributed by atoms with Gasteiger partial charge >= 0.3 is 0 Å². The molecule has 0 radical (unpaired) electrons. The molecule has 0 amide bonds. The van der Waals surface area contributed by atoms with Crippen molar-refractivity contribution in [2.45, 2.75) is 47.0 Å². The maximum atomic E-state index is 9.81. The Balaban J connectivity index is 4.29. The number of hydrogen-bond acceptors (Lipinski definition) is 7. The van der Waals surface area contributed by atoms with Gasteiger partial charge in [0, 0.05) is 32.0 Å². The lowest BCUT2D eigenvalue weighted by atomic mass is 10.1. The van der Waals surface area contributed by atoms with Crippen LogP contribution in [0.15, 0.2) is 28.6 Å². The van der Waals surface area contributed by atoms with Crippen LogP contribution in [0, 0.1) is 5.41 Å². The molecule has 1 atom stereocenters. The van der Waals surface area contributed by atoms with Gasteiger partial charge in [0.2, 0.25) is 6.41 Å². The number of unbranched alkanes of at least 4 members (excludes halogenated alkanes) is 1. The van der Waals surface area contributed by atoms with Crippen molar-refractivity contribution in [3.8, 4) is 0 Å². The molecular formula is C17H33N5O3. The first-order chi connectivity index (χ1) is 12.0. The van der Waals surface area contributed by atoms with Crippen LogP contribution in [0.2, 0.25) is 0 Å². The van der Waals surface area contributed by atoms with Crippen LogP contribution in [0.4, 0.5) is 0 Å². The van der Waals surface area contributed by atoms with Crippen LogP contribution in [-0.2, 0) is 9.57 Å². The predicted molar refractivity (Wildman–Crippen MR) is 101 cm³/mol. The molecule has 8 nitrogen and oxygen atoms in total. The van der Waals surface area contributed by atoms with Crippen molar-refractivity contribution in [1.29, 1.82) is 5.41 Å². The maximum Gasteiger partial charge on any atom is 0.216 e. The second-order valence-electron chi connectivity index (χ2n) is 5.42. The fourth-order valence-electron chi connectivity index (χ4n) is 2.07. The second kappa shape index (κ2) is 14.6. The number of allylic oxidation sites excluding steroid dienone is 3. The van der Waals surface area contributed by atoms with Gasteiger partial charge in [0.15, 0.2) is 0 Å². The zero-order valence-corrected chi connectivity index (χ0v) is 15.8. The summed E-state index contributed by atoms with van der Waals surface area (Å²) in [6.45, 7) is 10.3. The van der Waals surface area contributed by atoms with Gasteiger partial charge < -0.3 is 20.0 Å². The summed E-state index contributed by atoms with van der Waals surface area (Å²) in [5, 5.41) is 20.2. The van der Waals surface area contributed by atoms with Crippen molar-refractivity contribution in [3.05, 3.63) is 23.6 Å². The molecule has 0 aliphatic carbocycles. The molecular weight excluding hydrogens is 322 g/mol. The molecule has 25 heavy (non-hydrogen) atoms. The Morgan fingerprint density at radius 2 is 2.08 bits per heavy atom. The summed E-state index contributed by atoms with van der Waals surface area (Å²) < 4.78 is 5.20. The Morgan fingerprint density at radius 1 is 1.36 bits per heavy atom. The van der Waals surface area contributed by atoms with Gasteiger partial charge in [-0.05, 0) is 45.7 Å². The van der Waals surface area contributed by atoms with Gasteiger partial charge in [0.1, 0.15) is 12.1 Å². The number of aliphatic hydroxyl groups is 1. The predicted octanol–water partition coefficient (Wildman–Crippen LogP) is 1.74. The third-order valence-electron chi connectivity index (χ3n) is 3.50. The van der Waals surface area contributed by atoms with Crippen molar-refractivity contribution in [1.82, 2.24) is 10.2 Å². The van der Waals surface area contributed by atoms with Crippen molar-refractivity contribution in [3.63, 3.8) is 0 Å². The summed E-state index contributed by atoms with van der Waals surface area (Å²) in [4.78, 5) is 10.5. The van der Waals surface area contributed by atoms with Crippen molar-refractivity contribution < 1.29 is 14.7 Å². The van der Waals surface area contributed by atoms with Crippen molar-refractivity contribution in [2.24, 2.45) is 10.9 Å². The van der Waals surface area contributed by atoms with E-state index in [-0.39, 0.29) is 0 Å². The van der Waals surface area contributed by atoms with Crippen LogP contribution in [-0.4, -0.2) is 54.7 Å². The minimum absolute atomic E-state index is 0.492. The van der Waals surface area contributed by atoms with Crippen molar-refractivity contribution >= 4 is 12.1 Å². The zero-order valence-electron chi connectivity index (χ0n) is 15.8. The van der Waals surface area contributed by atoms with Gasteiger partial charge in [0.05, 0.1) is 5.71 Å². The van der Waals surface area contributed by atoms with Crippen LogP contribution in [0.1, 0.15) is 40.5 Å². The number of nitrogens with one attached hydrogen (secondary N) is 2. The summed E-state index contributed by atoms with van der Waals surface area (Å²) in [5.41, 5.74) is 1.49. The van der Waals surface area contributed by atoms with Gasteiger partial charge in [-0.25, -0.2) is 4.99 Å². The molecule has 0 bridgehead atoms. The van der Waals surface area contributed by atoms with Gasteiger partial charge in [-0.3, -0.25) is 10.3 Å². The van der Waals surface area contributed by atoms with Crippen LogP contribution >= 0.6 is 0 Å². The Labute approximate surface area is 150 Å². The molecule has 0 aromatic heterocycles. The SMILES string of the molecule is CCOC(O)N(CC)CCCCN/C=C(C)/C(/C=C(\C)ON)=N\C=N. The summed E-state index contributed by atoms with van der Waals surface area (Å²) in [7, 11) is 0. The minimum Gasteiger partial charge on any atom is -0.416 e. The summed E-state index contributed by atoms with van der Waals surface area (Å²) in [5.74, 6) is 5.62. The normalized spacial score (nSPS) is 14.6. The summed E-state index contributed by atoms with van der Waals surface area (Å²) in [6.07, 6.45) is 5.58. The molecule has 5 N–H and O–H groups in total. The van der Waals surface area contributed by atoms with Crippen LogP contribution in [0.3, 0.4) is 0 Å². The highest BCUT2D eigenvalue weighted by atomic mass is 16.6. The zero-order chi connectivity index (χ0) is 19.1. The third-order valence-corrected chi connectivity index (χ3v) is 3.50. The maximum absolute atomic E-state index is 9.81. The summed E-state index contributed by atoms with van der Waals surface area (Å²) >= 11 is 0.